The number of hydrogen-bond donors (Lipinski definition) is 3. The summed E-state index contributed by atoms with van der Waals surface area (Å²) >= 11 is 0. The summed E-state index contributed by atoms with van der Waals surface area (Å²) in [6.45, 7) is 0. The second kappa shape index (κ2) is 7.05. The van der Waals surface area contributed by atoms with E-state index in [1.54, 1.807) is 0 Å². The molecule has 0 spiro atoms. The van der Waals surface area contributed by atoms with Crippen LogP contribution in [-0.4, -0.2) is 33.2 Å². The Kier molecular flexibility index (Phi) is 7.47. The van der Waals surface area contributed by atoms with Crippen molar-refractivity contribution < 1.29 is 63.0 Å². The van der Waals surface area contributed by atoms with E-state index in [-0.39, 0.29) is 33.3 Å². The van der Waals surface area contributed by atoms with Crippen LogP contribution in [0.25, 0.3) is 0 Å². The quantitative estimate of drug-likeness (QED) is 0.707. The van der Waals surface area contributed by atoms with Crippen molar-refractivity contribution in [1.82, 2.24) is 0 Å². The van der Waals surface area contributed by atoms with E-state index in [2.05, 4.69) is 0 Å². The van der Waals surface area contributed by atoms with Crippen LogP contribution >= 0.6 is 0 Å². The molecule has 8 heteroatoms. The van der Waals surface area contributed by atoms with E-state index in [0.717, 1.165) is 12.1 Å². The predicted molar refractivity (Wildman–Crippen MR) is 47.3 cm³/mol. The number of hydrogen-bond acceptors (Lipinski definition) is 3. The zero-order chi connectivity index (χ0) is 11.6. The van der Waals surface area contributed by atoms with E-state index >= 15 is 0 Å². The summed E-state index contributed by atoms with van der Waals surface area (Å²) in [6.07, 6.45) is 0. The first-order chi connectivity index (χ1) is 6.95. The molecule has 0 saturated carbocycles. The summed E-state index contributed by atoms with van der Waals surface area (Å²) in [5.41, 5.74) is -1.79. The van der Waals surface area contributed by atoms with Crippen LogP contribution in [0.1, 0.15) is 31.1 Å². The summed E-state index contributed by atoms with van der Waals surface area (Å²) in [5, 5.41) is 26.0. The fraction of sp³-hybridized carbons (Fsp3) is 0. The second-order valence-electron chi connectivity index (χ2n) is 2.64. The average Bonchev–Trinajstić information content (AvgIpc) is 2.16. The summed E-state index contributed by atoms with van der Waals surface area (Å²) in [5.74, 6) is -4.53. The third-order valence-corrected chi connectivity index (χ3v) is 1.74. The minimum Gasteiger partial charge on any atom is -0.478 e. The molecule has 1 rings (SSSR count). The number of carboxylic acids is 3. The summed E-state index contributed by atoms with van der Waals surface area (Å²) in [7, 11) is 0. The molecular weight excluding hydrogens is 322 g/mol. The van der Waals surface area contributed by atoms with Crippen LogP contribution in [0.5, 0.6) is 0 Å². The van der Waals surface area contributed by atoms with Gasteiger partial charge in [-0.15, -0.1) is 0 Å². The molecule has 1 aromatic carbocycles. The van der Waals surface area contributed by atoms with Gasteiger partial charge in [-0.25, -0.2) is 14.4 Å². The maximum Gasteiger partial charge on any atom is 0.337 e. The van der Waals surface area contributed by atoms with Gasteiger partial charge < -0.3 is 15.3 Å². The largest absolute Gasteiger partial charge is 0.478 e. The van der Waals surface area contributed by atoms with Crippen molar-refractivity contribution in [3.05, 3.63) is 34.9 Å². The van der Waals surface area contributed by atoms with Crippen molar-refractivity contribution in [3.63, 3.8) is 0 Å². The Morgan fingerprint density at radius 3 is 1.41 bits per heavy atom. The average molecular weight is 328 g/mol. The monoisotopic (exact) mass is 327 g/mol. The minimum atomic E-state index is -1.58. The Balaban J connectivity index is 0. The van der Waals surface area contributed by atoms with Crippen molar-refractivity contribution in [2.75, 3.05) is 0 Å². The standard InChI is InChI=1S/C9H6O6.Co.Ni/c10-7(11)4-2-1-3-5(8(12)13)6(4)9(14)15;;/h1-3H,(H,10,11)(H,12,13)(H,14,15);;. The van der Waals surface area contributed by atoms with E-state index < -0.39 is 34.6 Å². The van der Waals surface area contributed by atoms with E-state index in [1.807, 2.05) is 0 Å². The summed E-state index contributed by atoms with van der Waals surface area (Å²) in [6, 6.07) is 3.26. The molecule has 0 heterocycles. The minimum absolute atomic E-state index is 0. The van der Waals surface area contributed by atoms with Gasteiger partial charge in [0, 0.05) is 33.3 Å². The van der Waals surface area contributed by atoms with Gasteiger partial charge >= 0.3 is 17.9 Å². The predicted octanol–water partition coefficient (Wildman–Crippen LogP) is 0.776. The number of carbonyl (C=O) groups is 3. The summed E-state index contributed by atoms with van der Waals surface area (Å²) < 4.78 is 0. The zero-order valence-electron chi connectivity index (χ0n) is 7.95. The van der Waals surface area contributed by atoms with Gasteiger partial charge in [0.2, 0.25) is 0 Å². The molecule has 0 amide bonds. The molecule has 0 aliphatic carbocycles. The maximum absolute atomic E-state index is 10.7. The van der Waals surface area contributed by atoms with Crippen LogP contribution in [-0.2, 0) is 33.3 Å². The Morgan fingerprint density at radius 1 is 0.824 bits per heavy atom. The third-order valence-electron chi connectivity index (χ3n) is 1.74. The van der Waals surface area contributed by atoms with Crippen LogP contribution in [0, 0.1) is 0 Å². The normalized spacial score (nSPS) is 8.47. The molecule has 97 valence electrons. The van der Waals surface area contributed by atoms with Crippen molar-refractivity contribution in [2.45, 2.75) is 0 Å². The van der Waals surface area contributed by atoms with Crippen molar-refractivity contribution in [3.8, 4) is 0 Å². The number of rotatable bonds is 3. The van der Waals surface area contributed by atoms with Gasteiger partial charge in [0.25, 0.3) is 0 Å². The fourth-order valence-electron chi connectivity index (χ4n) is 1.14. The SMILES string of the molecule is O=C(O)c1cccc(C(=O)O)c1C(=O)O.[Co].[Ni]. The first kappa shape index (κ1) is 18.0. The summed E-state index contributed by atoms with van der Waals surface area (Å²) in [4.78, 5) is 32.0. The molecule has 0 aromatic heterocycles. The van der Waals surface area contributed by atoms with Gasteiger partial charge in [-0.3, -0.25) is 0 Å². The van der Waals surface area contributed by atoms with Gasteiger partial charge in [-0.05, 0) is 12.1 Å². The Morgan fingerprint density at radius 2 is 1.18 bits per heavy atom. The topological polar surface area (TPSA) is 112 Å². The first-order valence-electron chi connectivity index (χ1n) is 3.78. The van der Waals surface area contributed by atoms with Gasteiger partial charge in [0.15, 0.2) is 0 Å². The van der Waals surface area contributed by atoms with Crippen LogP contribution in [0.2, 0.25) is 0 Å². The molecule has 3 N–H and O–H groups in total. The van der Waals surface area contributed by atoms with E-state index in [1.165, 1.54) is 6.07 Å². The Bertz CT molecular complexity index is 427. The zero-order valence-corrected chi connectivity index (χ0v) is 9.98. The molecule has 0 bridgehead atoms. The number of aromatic carboxylic acids is 3. The number of carboxylic acid groups (broad SMARTS) is 3. The van der Waals surface area contributed by atoms with E-state index in [4.69, 9.17) is 15.3 Å². The molecular formula is C9H6CoNiO6. The smallest absolute Gasteiger partial charge is 0.337 e. The molecule has 0 fully saturated rings. The number of benzene rings is 1. The fourth-order valence-corrected chi connectivity index (χ4v) is 1.14. The molecule has 0 aliphatic heterocycles. The Labute approximate surface area is 116 Å². The van der Waals surface area contributed by atoms with Crippen LogP contribution in [0.15, 0.2) is 18.2 Å². The van der Waals surface area contributed by atoms with Crippen molar-refractivity contribution in [2.24, 2.45) is 0 Å². The van der Waals surface area contributed by atoms with Crippen LogP contribution in [0.3, 0.4) is 0 Å². The van der Waals surface area contributed by atoms with Gasteiger partial charge in [0.1, 0.15) is 0 Å². The molecule has 0 atom stereocenters. The molecule has 0 aliphatic rings. The molecule has 6 nitrogen and oxygen atoms in total. The molecule has 0 saturated heterocycles. The molecule has 0 unspecified atom stereocenters. The third kappa shape index (κ3) is 3.85. The van der Waals surface area contributed by atoms with E-state index in [0.29, 0.717) is 0 Å². The van der Waals surface area contributed by atoms with Gasteiger partial charge in [-0.2, -0.15) is 0 Å². The van der Waals surface area contributed by atoms with E-state index in [9.17, 15) is 14.4 Å². The maximum atomic E-state index is 10.7. The molecule has 1 radical (unpaired) electrons. The Hall–Kier alpha value is -1.37. The van der Waals surface area contributed by atoms with Crippen LogP contribution in [0.4, 0.5) is 0 Å². The molecule has 1 aromatic rings. The van der Waals surface area contributed by atoms with Crippen molar-refractivity contribution in [1.29, 1.82) is 0 Å². The first-order valence-corrected chi connectivity index (χ1v) is 3.78. The molecule has 17 heavy (non-hydrogen) atoms. The van der Waals surface area contributed by atoms with Gasteiger partial charge in [0.05, 0.1) is 16.7 Å². The van der Waals surface area contributed by atoms with Crippen molar-refractivity contribution >= 4 is 17.9 Å². The van der Waals surface area contributed by atoms with Gasteiger partial charge in [-0.1, -0.05) is 6.07 Å². The second-order valence-corrected chi connectivity index (χ2v) is 2.64. The van der Waals surface area contributed by atoms with Crippen LogP contribution < -0.4 is 0 Å².